The Hall–Kier alpha value is -6.35. The zero-order chi connectivity index (χ0) is 42.8. The molecule has 9 rings (SSSR count). The molecule has 2 fully saturated rings. The van der Waals surface area contributed by atoms with Crippen LogP contribution in [0.4, 0.5) is 14.0 Å². The van der Waals surface area contributed by atoms with Gasteiger partial charge in [-0.3, -0.25) is 14.6 Å². The van der Waals surface area contributed by atoms with Crippen LogP contribution >= 0.6 is 0 Å². The smallest absolute Gasteiger partial charge is 0.410 e. The van der Waals surface area contributed by atoms with Crippen LogP contribution in [-0.4, -0.2) is 96.7 Å². The Morgan fingerprint density at radius 2 is 1.73 bits per heavy atom. The summed E-state index contributed by atoms with van der Waals surface area (Å²) >= 11 is 0. The van der Waals surface area contributed by atoms with E-state index in [0.717, 1.165) is 66.4 Å². The minimum Gasteiger partial charge on any atom is -0.472 e. The molecular formula is C47H51FN8O6. The van der Waals surface area contributed by atoms with Gasteiger partial charge >= 0.3 is 18.2 Å². The third-order valence-corrected chi connectivity index (χ3v) is 11.9. The number of carbonyl (C=O) groups excluding carboxylic acids is 2. The van der Waals surface area contributed by atoms with Gasteiger partial charge in [0.25, 0.3) is 0 Å². The number of aromatic nitrogens is 5. The van der Waals surface area contributed by atoms with E-state index in [1.165, 1.54) is 0 Å². The molecule has 0 bridgehead atoms. The van der Waals surface area contributed by atoms with Gasteiger partial charge in [-0.25, -0.2) is 14.0 Å². The van der Waals surface area contributed by atoms with Crippen molar-refractivity contribution >= 4 is 33.9 Å². The van der Waals surface area contributed by atoms with Gasteiger partial charge in [-0.2, -0.15) is 15.1 Å². The largest absolute Gasteiger partial charge is 0.472 e. The highest BCUT2D eigenvalue weighted by Crippen LogP contribution is 2.40. The minimum absolute atomic E-state index is 0.0391. The summed E-state index contributed by atoms with van der Waals surface area (Å²) in [6.07, 6.45) is 6.78. The van der Waals surface area contributed by atoms with Crippen molar-refractivity contribution in [1.82, 2.24) is 39.8 Å². The van der Waals surface area contributed by atoms with E-state index in [2.05, 4.69) is 30.3 Å². The van der Waals surface area contributed by atoms with Gasteiger partial charge in [0.1, 0.15) is 30.0 Å². The molecule has 6 heterocycles. The molecule has 3 aromatic carbocycles. The quantitative estimate of drug-likeness (QED) is 0.136. The maximum absolute atomic E-state index is 17.1. The van der Waals surface area contributed by atoms with Crippen molar-refractivity contribution in [1.29, 1.82) is 0 Å². The number of nitrogens with one attached hydrogen (secondary N) is 1. The van der Waals surface area contributed by atoms with Crippen LogP contribution in [0.1, 0.15) is 63.3 Å². The molecule has 62 heavy (non-hydrogen) atoms. The van der Waals surface area contributed by atoms with Gasteiger partial charge in [0.15, 0.2) is 5.82 Å². The molecule has 1 unspecified atom stereocenters. The fraction of sp³-hybridized carbons (Fsp3) is 0.404. The number of hydrogen-bond donors (Lipinski definition) is 1. The average Bonchev–Trinajstić information content (AvgIpc) is 3.95. The molecule has 1 atom stereocenters. The predicted octanol–water partition coefficient (Wildman–Crippen LogP) is 7.86. The molecule has 2 saturated heterocycles. The monoisotopic (exact) mass is 842 g/mol. The molecule has 14 nitrogen and oxygen atoms in total. The highest BCUT2D eigenvalue weighted by Gasteiger charge is 2.45. The number of carbonyl (C=O) groups is 2. The molecule has 15 heteroatoms. The molecule has 6 aromatic rings. The second-order valence-electron chi connectivity index (χ2n) is 17.4. The summed E-state index contributed by atoms with van der Waals surface area (Å²) in [5, 5.41) is 9.29. The lowest BCUT2D eigenvalue weighted by atomic mass is 9.95. The molecule has 3 aliphatic heterocycles. The lowest BCUT2D eigenvalue weighted by molar-refractivity contribution is 0.0219. The lowest BCUT2D eigenvalue weighted by Crippen LogP contribution is -2.47. The van der Waals surface area contributed by atoms with Crippen LogP contribution in [0.15, 0.2) is 85.2 Å². The molecular weight excluding hydrogens is 792 g/mol. The van der Waals surface area contributed by atoms with E-state index in [1.807, 2.05) is 93.6 Å². The highest BCUT2D eigenvalue weighted by atomic mass is 19.1. The van der Waals surface area contributed by atoms with Gasteiger partial charge in [0, 0.05) is 30.9 Å². The Balaban J connectivity index is 0.957. The van der Waals surface area contributed by atoms with Crippen molar-refractivity contribution in [3.63, 3.8) is 0 Å². The van der Waals surface area contributed by atoms with Crippen molar-refractivity contribution in [3.05, 3.63) is 108 Å². The molecule has 322 valence electrons. The van der Waals surface area contributed by atoms with Crippen molar-refractivity contribution in [3.8, 4) is 23.1 Å². The third-order valence-electron chi connectivity index (χ3n) is 11.9. The van der Waals surface area contributed by atoms with Crippen LogP contribution in [-0.2, 0) is 35.6 Å². The van der Waals surface area contributed by atoms with Crippen LogP contribution in [0.5, 0.6) is 11.9 Å². The molecule has 0 radical (unpaired) electrons. The number of hydrogen-bond acceptors (Lipinski definition) is 11. The standard InChI is InChI=1S/C47H51FN8O6/c1-46(2,3)62-45(58)54-26-34(27-56-35(28-54)17-21-50-56)51-44(57)59-24-18-33-14-7-13-32-15-8-16-36(38(32)33)40-39(48)41-37(25-49-40)42(60-29-31-11-5-4-6-12-31)53-43(52-41)61-30-47-19-9-22-55(47)23-10-20-47/h4-8,11-17,21,25,34H,9-10,18-20,22-24,26-30H2,1-3H3,(H,51,57). The molecule has 0 spiro atoms. The van der Waals surface area contributed by atoms with Crippen molar-refractivity contribution in [2.45, 2.75) is 89.8 Å². The van der Waals surface area contributed by atoms with E-state index in [-0.39, 0.29) is 48.4 Å². The second-order valence-corrected chi connectivity index (χ2v) is 17.4. The summed E-state index contributed by atoms with van der Waals surface area (Å²) in [5.74, 6) is -0.428. The van der Waals surface area contributed by atoms with E-state index in [1.54, 1.807) is 22.0 Å². The number of nitrogens with zero attached hydrogens (tertiary/aromatic N) is 7. The van der Waals surface area contributed by atoms with Crippen LogP contribution < -0.4 is 14.8 Å². The maximum Gasteiger partial charge on any atom is 0.410 e. The van der Waals surface area contributed by atoms with E-state index in [9.17, 15) is 9.59 Å². The SMILES string of the molecule is CC(C)(C)OC(=O)N1Cc2ccnn2CC(NC(=O)OCCc2cccc3cccc(-c4ncc5c(OCc6ccccc6)nc(OCC67CCCN6CCC7)nc5c4F)c23)C1. The first-order valence-corrected chi connectivity index (χ1v) is 21.4. The Morgan fingerprint density at radius 1 is 0.935 bits per heavy atom. The summed E-state index contributed by atoms with van der Waals surface area (Å²) in [7, 11) is 0. The Labute approximate surface area is 359 Å². The average molecular weight is 843 g/mol. The fourth-order valence-electron chi connectivity index (χ4n) is 9.05. The number of ether oxygens (including phenoxy) is 4. The third kappa shape index (κ3) is 8.71. The lowest BCUT2D eigenvalue weighted by Gasteiger charge is -2.31. The van der Waals surface area contributed by atoms with Crippen molar-refractivity contribution in [2.24, 2.45) is 0 Å². The molecule has 3 aliphatic rings. The maximum atomic E-state index is 17.1. The number of fused-ring (bicyclic) bond motifs is 4. The minimum atomic E-state index is -0.677. The van der Waals surface area contributed by atoms with E-state index >= 15 is 4.39 Å². The summed E-state index contributed by atoms with van der Waals surface area (Å²) in [6, 6.07) is 22.6. The van der Waals surface area contributed by atoms with Gasteiger partial charge in [-0.05, 0) is 87.5 Å². The van der Waals surface area contributed by atoms with Crippen LogP contribution in [0.25, 0.3) is 32.9 Å². The molecule has 2 amide bonds. The molecule has 0 saturated carbocycles. The molecule has 1 N–H and O–H groups in total. The summed E-state index contributed by atoms with van der Waals surface area (Å²) < 4.78 is 42.9. The van der Waals surface area contributed by atoms with Gasteiger partial charge in [-0.15, -0.1) is 0 Å². The Morgan fingerprint density at radius 3 is 2.52 bits per heavy atom. The highest BCUT2D eigenvalue weighted by molar-refractivity contribution is 6.00. The number of rotatable bonds is 11. The van der Waals surface area contributed by atoms with Crippen LogP contribution in [0, 0.1) is 5.82 Å². The zero-order valence-corrected chi connectivity index (χ0v) is 35.3. The van der Waals surface area contributed by atoms with Crippen LogP contribution in [0.2, 0.25) is 0 Å². The molecule has 3 aromatic heterocycles. The first-order valence-electron chi connectivity index (χ1n) is 21.4. The van der Waals surface area contributed by atoms with Crippen molar-refractivity contribution in [2.75, 3.05) is 32.8 Å². The van der Waals surface area contributed by atoms with Gasteiger partial charge in [-0.1, -0.05) is 66.7 Å². The second kappa shape index (κ2) is 17.2. The zero-order valence-electron chi connectivity index (χ0n) is 35.3. The Kier molecular flexibility index (Phi) is 11.4. The predicted molar refractivity (Wildman–Crippen MR) is 230 cm³/mol. The van der Waals surface area contributed by atoms with Gasteiger partial charge < -0.3 is 29.2 Å². The first kappa shape index (κ1) is 41.0. The van der Waals surface area contributed by atoms with E-state index in [4.69, 9.17) is 18.9 Å². The number of benzene rings is 3. The Bertz CT molecular complexity index is 2580. The summed E-state index contributed by atoms with van der Waals surface area (Å²) in [5.41, 5.74) is 2.60. The number of halogens is 1. The number of pyridine rings is 1. The number of amides is 2. The fourth-order valence-corrected chi connectivity index (χ4v) is 9.05. The van der Waals surface area contributed by atoms with Crippen LogP contribution in [0.3, 0.4) is 0 Å². The van der Waals surface area contributed by atoms with Gasteiger partial charge in [0.2, 0.25) is 5.88 Å². The topological polar surface area (TPSA) is 146 Å². The van der Waals surface area contributed by atoms with E-state index < -0.39 is 29.6 Å². The van der Waals surface area contributed by atoms with Gasteiger partial charge in [0.05, 0.1) is 42.4 Å². The van der Waals surface area contributed by atoms with E-state index in [0.29, 0.717) is 37.1 Å². The number of alkyl carbamates (subject to hydrolysis) is 1. The first-order chi connectivity index (χ1) is 30.0. The molecule has 0 aliphatic carbocycles. The summed E-state index contributed by atoms with van der Waals surface area (Å²) in [4.78, 5) is 44.4. The normalized spacial score (nSPS) is 17.4. The van der Waals surface area contributed by atoms with Crippen molar-refractivity contribution < 1.29 is 32.9 Å². The summed E-state index contributed by atoms with van der Waals surface area (Å²) in [6.45, 7) is 9.07.